The number of carbonyl (C=O) groups excluding carboxylic acids is 3. The molecule has 1 unspecified atom stereocenters. The first kappa shape index (κ1) is 21.0. The van der Waals surface area contributed by atoms with Gasteiger partial charge >= 0.3 is 0 Å². The summed E-state index contributed by atoms with van der Waals surface area (Å²) in [6.45, 7) is 2.52. The number of hydrogen-bond donors (Lipinski definition) is 3. The van der Waals surface area contributed by atoms with Crippen LogP contribution in [0.3, 0.4) is 0 Å². The van der Waals surface area contributed by atoms with Crippen LogP contribution in [-0.4, -0.2) is 34.3 Å². The van der Waals surface area contributed by atoms with Gasteiger partial charge < -0.3 is 9.32 Å². The number of thiocarbonyl (C=S) groups is 1. The summed E-state index contributed by atoms with van der Waals surface area (Å²) in [7, 11) is 0. The molecule has 0 spiro atoms. The third-order valence-electron chi connectivity index (χ3n) is 4.47. The van der Waals surface area contributed by atoms with Crippen LogP contribution in [0.1, 0.15) is 28.1 Å². The van der Waals surface area contributed by atoms with Crippen molar-refractivity contribution in [3.05, 3.63) is 58.0 Å². The SMILES string of the molecule is Cc1ccc(C(=O)NC(=S)NNC(=O)C2CC(=O)N(Cc3ccco3)C2)cc1Br. The molecule has 10 heteroatoms. The first-order chi connectivity index (χ1) is 13.8. The van der Waals surface area contributed by atoms with Gasteiger partial charge in [-0.15, -0.1) is 0 Å². The highest BCUT2D eigenvalue weighted by Crippen LogP contribution is 2.20. The van der Waals surface area contributed by atoms with Gasteiger partial charge in [0.1, 0.15) is 5.76 Å². The van der Waals surface area contributed by atoms with Gasteiger partial charge in [-0.05, 0) is 49.0 Å². The van der Waals surface area contributed by atoms with E-state index < -0.39 is 11.8 Å². The second-order valence-corrected chi connectivity index (χ2v) is 7.88. The number of benzene rings is 1. The molecule has 1 saturated heterocycles. The fourth-order valence-electron chi connectivity index (χ4n) is 2.85. The molecule has 8 nitrogen and oxygen atoms in total. The largest absolute Gasteiger partial charge is 0.467 e. The number of furan rings is 1. The number of nitrogens with zero attached hydrogens (tertiary/aromatic N) is 1. The minimum absolute atomic E-state index is 0.0446. The summed E-state index contributed by atoms with van der Waals surface area (Å²) in [6, 6.07) is 8.69. The number of rotatable bonds is 4. The van der Waals surface area contributed by atoms with Gasteiger partial charge in [0.15, 0.2) is 5.11 Å². The Morgan fingerprint density at radius 1 is 1.31 bits per heavy atom. The molecule has 1 aromatic carbocycles. The van der Waals surface area contributed by atoms with Crippen molar-refractivity contribution in [3.8, 4) is 0 Å². The molecule has 29 heavy (non-hydrogen) atoms. The highest BCUT2D eigenvalue weighted by molar-refractivity contribution is 9.10. The molecule has 1 fully saturated rings. The third-order valence-corrected chi connectivity index (χ3v) is 5.53. The molecule has 152 valence electrons. The van der Waals surface area contributed by atoms with Crippen LogP contribution in [0, 0.1) is 12.8 Å². The average molecular weight is 479 g/mol. The minimum atomic E-state index is -0.517. The van der Waals surface area contributed by atoms with Crippen LogP contribution < -0.4 is 16.2 Å². The van der Waals surface area contributed by atoms with Gasteiger partial charge in [0, 0.05) is 23.0 Å². The van der Waals surface area contributed by atoms with Crippen LogP contribution in [0.2, 0.25) is 0 Å². The van der Waals surface area contributed by atoms with Crippen LogP contribution >= 0.6 is 28.1 Å². The van der Waals surface area contributed by atoms with Crippen molar-refractivity contribution in [3.63, 3.8) is 0 Å². The van der Waals surface area contributed by atoms with Gasteiger partial charge in [-0.2, -0.15) is 0 Å². The van der Waals surface area contributed by atoms with Crippen LogP contribution in [-0.2, 0) is 16.1 Å². The van der Waals surface area contributed by atoms with Crippen LogP contribution in [0.15, 0.2) is 45.5 Å². The van der Waals surface area contributed by atoms with E-state index >= 15 is 0 Å². The maximum absolute atomic E-state index is 12.3. The van der Waals surface area contributed by atoms with Gasteiger partial charge in [-0.3, -0.25) is 30.6 Å². The molecule has 0 saturated carbocycles. The summed E-state index contributed by atoms with van der Waals surface area (Å²) in [6.07, 6.45) is 1.64. The van der Waals surface area contributed by atoms with Crippen LogP contribution in [0.5, 0.6) is 0 Å². The smallest absolute Gasteiger partial charge is 0.257 e. The average Bonchev–Trinajstić information content (AvgIpc) is 3.32. The molecule has 3 rings (SSSR count). The molecule has 1 atom stereocenters. The maximum atomic E-state index is 12.3. The molecule has 3 amide bonds. The second-order valence-electron chi connectivity index (χ2n) is 6.62. The van der Waals surface area contributed by atoms with E-state index in [9.17, 15) is 14.4 Å². The lowest BCUT2D eigenvalue weighted by molar-refractivity contribution is -0.129. The van der Waals surface area contributed by atoms with Crippen molar-refractivity contribution >= 4 is 51.0 Å². The lowest BCUT2D eigenvalue weighted by Gasteiger charge is -2.16. The van der Waals surface area contributed by atoms with E-state index in [0.29, 0.717) is 17.9 Å². The van der Waals surface area contributed by atoms with E-state index in [1.165, 1.54) is 6.26 Å². The number of aryl methyl sites for hydroxylation is 1. The molecular formula is C19H19BrN4O4S. The Bertz CT molecular complexity index is 948. The Morgan fingerprint density at radius 3 is 2.79 bits per heavy atom. The van der Waals surface area contributed by atoms with E-state index in [1.54, 1.807) is 29.2 Å². The quantitative estimate of drug-likeness (QED) is 0.458. The fourth-order valence-corrected chi connectivity index (χ4v) is 3.37. The molecule has 3 N–H and O–H groups in total. The van der Waals surface area contributed by atoms with E-state index in [-0.39, 0.29) is 29.9 Å². The van der Waals surface area contributed by atoms with Crippen molar-refractivity contribution in [1.82, 2.24) is 21.1 Å². The zero-order valence-electron chi connectivity index (χ0n) is 15.5. The summed E-state index contributed by atoms with van der Waals surface area (Å²) in [5, 5.41) is 2.45. The highest BCUT2D eigenvalue weighted by Gasteiger charge is 2.34. The molecule has 0 radical (unpaired) electrons. The van der Waals surface area contributed by atoms with Crippen molar-refractivity contribution in [2.75, 3.05) is 6.54 Å². The lowest BCUT2D eigenvalue weighted by Crippen LogP contribution is -2.50. The van der Waals surface area contributed by atoms with Crippen molar-refractivity contribution in [2.24, 2.45) is 5.92 Å². The van der Waals surface area contributed by atoms with Crippen molar-refractivity contribution < 1.29 is 18.8 Å². The monoisotopic (exact) mass is 478 g/mol. The number of halogens is 1. The Morgan fingerprint density at radius 2 is 2.10 bits per heavy atom. The van der Waals surface area contributed by atoms with Gasteiger partial charge in [0.05, 0.1) is 18.7 Å². The van der Waals surface area contributed by atoms with Crippen molar-refractivity contribution in [2.45, 2.75) is 19.9 Å². The summed E-state index contributed by atoms with van der Waals surface area (Å²) in [4.78, 5) is 38.2. The summed E-state index contributed by atoms with van der Waals surface area (Å²) in [5.74, 6) is -0.767. The molecule has 1 aliphatic heterocycles. The summed E-state index contributed by atoms with van der Waals surface area (Å²) >= 11 is 8.42. The van der Waals surface area contributed by atoms with E-state index in [2.05, 4.69) is 32.1 Å². The van der Waals surface area contributed by atoms with E-state index in [4.69, 9.17) is 16.6 Å². The lowest BCUT2D eigenvalue weighted by atomic mass is 10.1. The molecule has 1 aliphatic rings. The second kappa shape index (κ2) is 9.19. The normalized spacial score (nSPS) is 15.9. The number of hydrogen-bond acceptors (Lipinski definition) is 5. The first-order valence-electron chi connectivity index (χ1n) is 8.81. The third kappa shape index (κ3) is 5.42. The zero-order chi connectivity index (χ0) is 21.0. The number of nitrogens with one attached hydrogen (secondary N) is 3. The summed E-state index contributed by atoms with van der Waals surface area (Å²) < 4.78 is 6.05. The van der Waals surface area contributed by atoms with Gasteiger partial charge in [-0.25, -0.2) is 0 Å². The minimum Gasteiger partial charge on any atom is -0.467 e. The first-order valence-corrected chi connectivity index (χ1v) is 10.0. The molecule has 0 aliphatic carbocycles. The van der Waals surface area contributed by atoms with E-state index in [0.717, 1.165) is 10.0 Å². The molecular weight excluding hydrogens is 460 g/mol. The number of carbonyl (C=O) groups is 3. The topological polar surface area (TPSA) is 104 Å². The standard InChI is InChI=1S/C19H19BrN4O4S/c1-11-4-5-12(7-15(11)20)17(26)21-19(29)23-22-18(27)13-8-16(25)24(9-13)10-14-3-2-6-28-14/h2-7,13H,8-10H2,1H3,(H,22,27)(H2,21,23,26,29). The maximum Gasteiger partial charge on any atom is 0.257 e. The highest BCUT2D eigenvalue weighted by atomic mass is 79.9. The Labute approximate surface area is 181 Å². The predicted octanol–water partition coefficient (Wildman–Crippen LogP) is 2.03. The molecule has 0 bridgehead atoms. The fraction of sp³-hybridized carbons (Fsp3) is 0.263. The number of hydrazine groups is 1. The number of amides is 3. The zero-order valence-corrected chi connectivity index (χ0v) is 17.9. The van der Waals surface area contributed by atoms with Gasteiger partial charge in [0.2, 0.25) is 11.8 Å². The molecule has 2 heterocycles. The Hall–Kier alpha value is -2.72. The Kier molecular flexibility index (Phi) is 6.65. The Balaban J connectivity index is 1.46. The van der Waals surface area contributed by atoms with Crippen molar-refractivity contribution in [1.29, 1.82) is 0 Å². The number of likely N-dealkylation sites (tertiary alicyclic amines) is 1. The van der Waals surface area contributed by atoms with Gasteiger partial charge in [0.25, 0.3) is 5.91 Å². The van der Waals surface area contributed by atoms with Gasteiger partial charge in [-0.1, -0.05) is 22.0 Å². The molecule has 1 aromatic heterocycles. The van der Waals surface area contributed by atoms with Crippen LogP contribution in [0.25, 0.3) is 0 Å². The van der Waals surface area contributed by atoms with Crippen LogP contribution in [0.4, 0.5) is 0 Å². The molecule has 2 aromatic rings. The predicted molar refractivity (Wildman–Crippen MR) is 112 cm³/mol. The summed E-state index contributed by atoms with van der Waals surface area (Å²) in [5.41, 5.74) is 6.37. The van der Waals surface area contributed by atoms with E-state index in [1.807, 2.05) is 13.0 Å².